The Balaban J connectivity index is 1.45. The standard InChI is InChI=1S/C29H22N4O5/c1-37-27-17-20(14-15-26(27)38-19-21-8-7-11-23(16-21)33(35)36)18-30-32-28(22-9-3-2-4-10-22)31-25-13-6-5-12-24(25)29(32)34/h2-18H,19H2,1H3. The maximum Gasteiger partial charge on any atom is 0.282 e. The monoisotopic (exact) mass is 506 g/mol. The van der Waals surface area contributed by atoms with Gasteiger partial charge in [-0.1, -0.05) is 54.6 Å². The lowest BCUT2D eigenvalue weighted by atomic mass is 10.2. The van der Waals surface area contributed by atoms with Gasteiger partial charge in [0.2, 0.25) is 0 Å². The van der Waals surface area contributed by atoms with Crippen molar-refractivity contribution in [3.05, 3.63) is 129 Å². The molecule has 1 heterocycles. The number of benzene rings is 4. The normalized spacial score (nSPS) is 11.1. The average molecular weight is 507 g/mol. The van der Waals surface area contributed by atoms with Gasteiger partial charge < -0.3 is 9.47 Å². The molecule has 9 heteroatoms. The number of nitro groups is 1. The number of hydrogen-bond acceptors (Lipinski definition) is 7. The topological polar surface area (TPSA) is 109 Å². The van der Waals surface area contributed by atoms with E-state index in [-0.39, 0.29) is 17.9 Å². The highest BCUT2D eigenvalue weighted by Gasteiger charge is 2.13. The second kappa shape index (κ2) is 10.8. The van der Waals surface area contributed by atoms with Gasteiger partial charge in [-0.15, -0.1) is 0 Å². The summed E-state index contributed by atoms with van der Waals surface area (Å²) in [5.74, 6) is 1.34. The summed E-state index contributed by atoms with van der Waals surface area (Å²) in [4.78, 5) is 28.6. The molecule has 5 rings (SSSR count). The molecule has 0 saturated heterocycles. The molecule has 0 N–H and O–H groups in total. The molecule has 0 spiro atoms. The number of hydrogen-bond donors (Lipinski definition) is 0. The van der Waals surface area contributed by atoms with Gasteiger partial charge in [-0.2, -0.15) is 9.78 Å². The van der Waals surface area contributed by atoms with Gasteiger partial charge >= 0.3 is 0 Å². The minimum Gasteiger partial charge on any atom is -0.493 e. The summed E-state index contributed by atoms with van der Waals surface area (Å²) in [6.07, 6.45) is 1.55. The van der Waals surface area contributed by atoms with Gasteiger partial charge in [0.25, 0.3) is 11.2 Å². The summed E-state index contributed by atoms with van der Waals surface area (Å²) in [7, 11) is 1.52. The lowest BCUT2D eigenvalue weighted by molar-refractivity contribution is -0.384. The first-order valence-electron chi connectivity index (χ1n) is 11.7. The summed E-state index contributed by atoms with van der Waals surface area (Å²) >= 11 is 0. The number of fused-ring (bicyclic) bond motifs is 1. The van der Waals surface area contributed by atoms with E-state index in [2.05, 4.69) is 5.10 Å². The Hall–Kier alpha value is -5.31. The van der Waals surface area contributed by atoms with E-state index in [4.69, 9.17) is 14.5 Å². The average Bonchev–Trinajstić information content (AvgIpc) is 2.96. The Kier molecular flexibility index (Phi) is 6.90. The van der Waals surface area contributed by atoms with Crippen LogP contribution in [0.2, 0.25) is 0 Å². The molecule has 1 aromatic heterocycles. The molecule has 0 unspecified atom stereocenters. The first-order valence-corrected chi connectivity index (χ1v) is 11.7. The first-order chi connectivity index (χ1) is 18.5. The van der Waals surface area contributed by atoms with Gasteiger partial charge in [0.05, 0.1) is 29.2 Å². The molecule has 9 nitrogen and oxygen atoms in total. The third-order valence-corrected chi connectivity index (χ3v) is 5.81. The molecule has 0 bridgehead atoms. The van der Waals surface area contributed by atoms with E-state index >= 15 is 0 Å². The predicted octanol–water partition coefficient (Wildman–Crippen LogP) is 5.44. The molecule has 0 amide bonds. The fraction of sp³-hybridized carbons (Fsp3) is 0.0690. The second-order valence-electron chi connectivity index (χ2n) is 8.31. The molecule has 38 heavy (non-hydrogen) atoms. The largest absolute Gasteiger partial charge is 0.493 e. The minimum atomic E-state index is -0.447. The number of rotatable bonds is 8. The van der Waals surface area contributed by atoms with E-state index in [1.807, 2.05) is 36.4 Å². The van der Waals surface area contributed by atoms with Gasteiger partial charge in [0, 0.05) is 17.7 Å². The third kappa shape index (κ3) is 5.12. The van der Waals surface area contributed by atoms with Crippen molar-refractivity contribution in [2.75, 3.05) is 7.11 Å². The van der Waals surface area contributed by atoms with Crippen LogP contribution >= 0.6 is 0 Å². The zero-order chi connectivity index (χ0) is 26.5. The van der Waals surface area contributed by atoms with E-state index < -0.39 is 4.92 Å². The highest BCUT2D eigenvalue weighted by molar-refractivity contribution is 5.82. The summed E-state index contributed by atoms with van der Waals surface area (Å²) in [5.41, 5.74) is 2.39. The maximum absolute atomic E-state index is 13.3. The molecule has 0 aliphatic carbocycles. The molecule has 0 radical (unpaired) electrons. The number of nitro benzene ring substituents is 1. The van der Waals surface area contributed by atoms with E-state index in [0.717, 1.165) is 5.56 Å². The molecule has 0 aliphatic heterocycles. The lowest BCUT2D eigenvalue weighted by Gasteiger charge is -2.12. The molecule has 0 atom stereocenters. The van der Waals surface area contributed by atoms with Gasteiger partial charge in [0.15, 0.2) is 17.3 Å². The highest BCUT2D eigenvalue weighted by Crippen LogP contribution is 2.29. The third-order valence-electron chi connectivity index (χ3n) is 5.81. The Morgan fingerprint density at radius 3 is 2.53 bits per heavy atom. The van der Waals surface area contributed by atoms with Crippen LogP contribution in [-0.2, 0) is 6.61 Å². The minimum absolute atomic E-state index is 0.00193. The number of para-hydroxylation sites is 1. The van der Waals surface area contributed by atoms with Crippen LogP contribution in [-0.4, -0.2) is 27.9 Å². The summed E-state index contributed by atoms with van der Waals surface area (Å²) < 4.78 is 12.6. The van der Waals surface area contributed by atoms with Crippen LogP contribution in [0.1, 0.15) is 11.1 Å². The number of ether oxygens (including phenoxy) is 2. The zero-order valence-corrected chi connectivity index (χ0v) is 20.4. The van der Waals surface area contributed by atoms with Crippen LogP contribution in [0.5, 0.6) is 11.5 Å². The zero-order valence-electron chi connectivity index (χ0n) is 20.4. The fourth-order valence-corrected chi connectivity index (χ4v) is 3.93. The smallest absolute Gasteiger partial charge is 0.282 e. The van der Waals surface area contributed by atoms with Crippen molar-refractivity contribution in [2.45, 2.75) is 6.61 Å². The van der Waals surface area contributed by atoms with E-state index in [9.17, 15) is 14.9 Å². The van der Waals surface area contributed by atoms with Crippen LogP contribution in [0.15, 0.2) is 107 Å². The van der Waals surface area contributed by atoms with Gasteiger partial charge in [0.1, 0.15) is 6.61 Å². The van der Waals surface area contributed by atoms with Crippen LogP contribution < -0.4 is 15.0 Å². The SMILES string of the molecule is COc1cc(C=Nn2c(-c3ccccc3)nc3ccccc3c2=O)ccc1OCc1cccc([N+](=O)[O-])c1. The van der Waals surface area contributed by atoms with Gasteiger partial charge in [-0.3, -0.25) is 14.9 Å². The van der Waals surface area contributed by atoms with E-state index in [1.165, 1.54) is 23.9 Å². The fourth-order valence-electron chi connectivity index (χ4n) is 3.93. The summed E-state index contributed by atoms with van der Waals surface area (Å²) in [6.45, 7) is 0.129. The second-order valence-corrected chi connectivity index (χ2v) is 8.31. The first kappa shape index (κ1) is 24.4. The van der Waals surface area contributed by atoms with Gasteiger partial charge in [-0.25, -0.2) is 4.98 Å². The van der Waals surface area contributed by atoms with Crippen molar-refractivity contribution in [3.63, 3.8) is 0 Å². The van der Waals surface area contributed by atoms with Crippen LogP contribution in [0.4, 0.5) is 5.69 Å². The van der Waals surface area contributed by atoms with Crippen LogP contribution in [0.3, 0.4) is 0 Å². The number of methoxy groups -OCH3 is 1. The van der Waals surface area contributed by atoms with Crippen molar-refractivity contribution >= 4 is 22.8 Å². The Morgan fingerprint density at radius 2 is 1.74 bits per heavy atom. The predicted molar refractivity (Wildman–Crippen MR) is 145 cm³/mol. The maximum atomic E-state index is 13.3. The molecule has 188 valence electrons. The molecule has 0 fully saturated rings. The molecular weight excluding hydrogens is 484 g/mol. The Labute approximate surface area is 217 Å². The van der Waals surface area contributed by atoms with Crippen LogP contribution in [0, 0.1) is 10.1 Å². The lowest BCUT2D eigenvalue weighted by Crippen LogP contribution is -2.20. The van der Waals surface area contributed by atoms with Crippen molar-refractivity contribution in [3.8, 4) is 22.9 Å². The van der Waals surface area contributed by atoms with Crippen molar-refractivity contribution in [2.24, 2.45) is 5.10 Å². The van der Waals surface area contributed by atoms with Crippen molar-refractivity contribution < 1.29 is 14.4 Å². The molecule has 4 aromatic carbocycles. The molecular formula is C29H22N4O5. The Bertz CT molecular complexity index is 1710. The van der Waals surface area contributed by atoms with Crippen LogP contribution in [0.25, 0.3) is 22.3 Å². The summed E-state index contributed by atoms with van der Waals surface area (Å²) in [5, 5.41) is 16.0. The van der Waals surface area contributed by atoms with Gasteiger partial charge in [-0.05, 0) is 41.5 Å². The number of nitrogens with zero attached hydrogens (tertiary/aromatic N) is 4. The van der Waals surface area contributed by atoms with Crippen molar-refractivity contribution in [1.82, 2.24) is 9.66 Å². The summed E-state index contributed by atoms with van der Waals surface area (Å²) in [6, 6.07) is 28.0. The van der Waals surface area contributed by atoms with E-state index in [0.29, 0.717) is 39.4 Å². The van der Waals surface area contributed by atoms with E-state index in [1.54, 1.807) is 54.7 Å². The number of aromatic nitrogens is 2. The highest BCUT2D eigenvalue weighted by atomic mass is 16.6. The molecule has 0 saturated carbocycles. The Morgan fingerprint density at radius 1 is 0.947 bits per heavy atom. The quantitative estimate of drug-likeness (QED) is 0.157. The molecule has 5 aromatic rings. The van der Waals surface area contributed by atoms with Crippen molar-refractivity contribution in [1.29, 1.82) is 0 Å². The number of non-ortho nitro benzene ring substituents is 1. The molecule has 0 aliphatic rings.